The first-order chi connectivity index (χ1) is 13.3. The van der Waals surface area contributed by atoms with Crippen LogP contribution in [0.1, 0.15) is 30.0 Å². The SMILES string of the molecule is Cc1c(N[C@@H](c2nnc(-c3ccc(O)c(Cl)c3)o2)[C@@H](C)O)ccc(C#N)c1I. The highest BCUT2D eigenvalue weighted by Gasteiger charge is 2.25. The molecule has 1 aromatic heterocycles. The predicted octanol–water partition coefficient (Wildman–Crippen LogP) is 4.41. The number of aliphatic hydroxyl groups is 1. The molecule has 0 saturated heterocycles. The Morgan fingerprint density at radius 1 is 1.29 bits per heavy atom. The number of nitriles is 1. The van der Waals surface area contributed by atoms with E-state index < -0.39 is 12.1 Å². The Kier molecular flexibility index (Phi) is 6.07. The zero-order valence-electron chi connectivity index (χ0n) is 14.9. The summed E-state index contributed by atoms with van der Waals surface area (Å²) in [6.07, 6.45) is -0.829. The molecule has 0 amide bonds. The molecule has 0 unspecified atom stereocenters. The van der Waals surface area contributed by atoms with Crippen molar-refractivity contribution in [1.82, 2.24) is 10.2 Å². The number of nitrogens with one attached hydrogen (secondary N) is 1. The average molecular weight is 511 g/mol. The normalized spacial score (nSPS) is 13.0. The molecular weight excluding hydrogens is 495 g/mol. The van der Waals surface area contributed by atoms with E-state index in [9.17, 15) is 10.2 Å². The maximum atomic E-state index is 10.2. The van der Waals surface area contributed by atoms with E-state index in [0.29, 0.717) is 11.1 Å². The zero-order chi connectivity index (χ0) is 20.4. The summed E-state index contributed by atoms with van der Waals surface area (Å²) in [5.41, 5.74) is 2.77. The summed E-state index contributed by atoms with van der Waals surface area (Å²) in [6.45, 7) is 3.50. The van der Waals surface area contributed by atoms with Crippen LogP contribution in [0.15, 0.2) is 34.7 Å². The second-order valence-corrected chi connectivity index (χ2v) is 7.67. The third-order valence-electron chi connectivity index (χ3n) is 4.20. The van der Waals surface area contributed by atoms with Crippen LogP contribution in [0.3, 0.4) is 0 Å². The fraction of sp³-hybridized carbons (Fsp3) is 0.211. The fourth-order valence-electron chi connectivity index (χ4n) is 2.60. The number of hydrogen-bond donors (Lipinski definition) is 3. The smallest absolute Gasteiger partial charge is 0.247 e. The van der Waals surface area contributed by atoms with Gasteiger partial charge >= 0.3 is 0 Å². The van der Waals surface area contributed by atoms with Gasteiger partial charge in [-0.15, -0.1) is 10.2 Å². The second kappa shape index (κ2) is 8.34. The van der Waals surface area contributed by atoms with E-state index in [0.717, 1.165) is 14.8 Å². The van der Waals surface area contributed by atoms with E-state index in [-0.39, 0.29) is 22.6 Å². The third kappa shape index (κ3) is 4.06. The molecule has 9 heteroatoms. The second-order valence-electron chi connectivity index (χ2n) is 6.19. The molecule has 28 heavy (non-hydrogen) atoms. The molecule has 3 rings (SSSR count). The first-order valence-corrected chi connectivity index (χ1v) is 9.73. The van der Waals surface area contributed by atoms with Gasteiger partial charge in [-0.2, -0.15) is 5.26 Å². The van der Waals surface area contributed by atoms with Crippen molar-refractivity contribution < 1.29 is 14.6 Å². The minimum atomic E-state index is -0.829. The van der Waals surface area contributed by atoms with E-state index in [1.807, 2.05) is 6.92 Å². The van der Waals surface area contributed by atoms with Crippen molar-refractivity contribution in [2.45, 2.75) is 26.0 Å². The molecule has 3 N–H and O–H groups in total. The minimum Gasteiger partial charge on any atom is -0.506 e. The van der Waals surface area contributed by atoms with Gasteiger partial charge in [-0.1, -0.05) is 11.6 Å². The first-order valence-electron chi connectivity index (χ1n) is 8.28. The number of rotatable bonds is 5. The molecule has 0 fully saturated rings. The molecule has 1 heterocycles. The molecule has 2 aromatic carbocycles. The Morgan fingerprint density at radius 3 is 2.68 bits per heavy atom. The maximum absolute atomic E-state index is 10.2. The zero-order valence-corrected chi connectivity index (χ0v) is 17.9. The molecule has 3 aromatic rings. The van der Waals surface area contributed by atoms with E-state index >= 15 is 0 Å². The quantitative estimate of drug-likeness (QED) is 0.435. The summed E-state index contributed by atoms with van der Waals surface area (Å²) >= 11 is 8.05. The van der Waals surface area contributed by atoms with Crippen molar-refractivity contribution in [3.8, 4) is 23.3 Å². The maximum Gasteiger partial charge on any atom is 0.247 e. The Labute approximate surface area is 180 Å². The number of phenolic OH excluding ortho intramolecular Hbond substituents is 1. The van der Waals surface area contributed by atoms with Gasteiger partial charge in [0.2, 0.25) is 11.8 Å². The summed E-state index contributed by atoms with van der Waals surface area (Å²) in [4.78, 5) is 0. The van der Waals surface area contributed by atoms with Crippen LogP contribution in [0.5, 0.6) is 5.75 Å². The number of benzene rings is 2. The summed E-state index contributed by atoms with van der Waals surface area (Å²) in [7, 11) is 0. The molecule has 2 atom stereocenters. The lowest BCUT2D eigenvalue weighted by atomic mass is 10.1. The number of aromatic nitrogens is 2. The van der Waals surface area contributed by atoms with Crippen molar-refractivity contribution in [3.63, 3.8) is 0 Å². The lowest BCUT2D eigenvalue weighted by Crippen LogP contribution is -2.23. The van der Waals surface area contributed by atoms with Gasteiger partial charge in [0, 0.05) is 14.8 Å². The van der Waals surface area contributed by atoms with Crippen LogP contribution in [0.4, 0.5) is 5.69 Å². The molecular formula is C19H16ClIN4O3. The number of anilines is 1. The Hall–Kier alpha value is -2.35. The summed E-state index contributed by atoms with van der Waals surface area (Å²) in [5, 5.41) is 40.4. The molecule has 0 aliphatic carbocycles. The highest BCUT2D eigenvalue weighted by Crippen LogP contribution is 2.32. The van der Waals surface area contributed by atoms with Crippen LogP contribution in [0.25, 0.3) is 11.5 Å². The van der Waals surface area contributed by atoms with Crippen LogP contribution in [0, 0.1) is 21.8 Å². The van der Waals surface area contributed by atoms with E-state index in [2.05, 4.69) is 44.2 Å². The molecule has 0 spiro atoms. The van der Waals surface area contributed by atoms with Crippen molar-refractivity contribution in [2.24, 2.45) is 0 Å². The summed E-state index contributed by atoms with van der Waals surface area (Å²) < 4.78 is 6.57. The van der Waals surface area contributed by atoms with Crippen LogP contribution in [-0.4, -0.2) is 26.5 Å². The Bertz CT molecular complexity index is 1060. The molecule has 0 aliphatic rings. The standard InChI is InChI=1S/C19H16ClIN4O3/c1-9-14(5-3-12(8-22)16(9)21)23-17(10(2)26)19-25-24-18(28-19)11-4-6-15(27)13(20)7-11/h3-7,10,17,23,26-27H,1-2H3/t10-,17-/m1/s1. The highest BCUT2D eigenvalue weighted by atomic mass is 127. The Balaban J connectivity index is 1.92. The molecule has 0 radical (unpaired) electrons. The first kappa shape index (κ1) is 20.4. The van der Waals surface area contributed by atoms with Gasteiger partial charge in [-0.3, -0.25) is 0 Å². The summed E-state index contributed by atoms with van der Waals surface area (Å²) in [5.74, 6) is 0.378. The van der Waals surface area contributed by atoms with Crippen LogP contribution < -0.4 is 5.32 Å². The van der Waals surface area contributed by atoms with Gasteiger partial charge < -0.3 is 19.9 Å². The van der Waals surface area contributed by atoms with Gasteiger partial charge in [0.15, 0.2) is 0 Å². The number of nitrogens with zero attached hydrogens (tertiary/aromatic N) is 3. The molecule has 0 bridgehead atoms. The third-order valence-corrected chi connectivity index (χ3v) is 5.89. The lowest BCUT2D eigenvalue weighted by molar-refractivity contribution is 0.159. The van der Waals surface area contributed by atoms with Gasteiger partial charge in [0.05, 0.1) is 16.7 Å². The Morgan fingerprint density at radius 2 is 2.04 bits per heavy atom. The van der Waals surface area contributed by atoms with Gasteiger partial charge in [-0.05, 0) is 72.3 Å². The predicted molar refractivity (Wildman–Crippen MR) is 113 cm³/mol. The largest absolute Gasteiger partial charge is 0.506 e. The van der Waals surface area contributed by atoms with Gasteiger partial charge in [0.25, 0.3) is 0 Å². The van der Waals surface area contributed by atoms with E-state index in [4.69, 9.17) is 21.3 Å². The number of aliphatic hydroxyl groups excluding tert-OH is 1. The number of phenols is 1. The van der Waals surface area contributed by atoms with E-state index in [1.165, 1.54) is 12.1 Å². The average Bonchev–Trinajstić information content (AvgIpc) is 3.14. The molecule has 7 nitrogen and oxygen atoms in total. The highest BCUT2D eigenvalue weighted by molar-refractivity contribution is 14.1. The fourth-order valence-corrected chi connectivity index (χ4v) is 3.37. The van der Waals surface area contributed by atoms with Gasteiger partial charge in [0.1, 0.15) is 17.9 Å². The van der Waals surface area contributed by atoms with Crippen LogP contribution in [-0.2, 0) is 0 Å². The topological polar surface area (TPSA) is 115 Å². The lowest BCUT2D eigenvalue weighted by Gasteiger charge is -2.21. The molecule has 0 saturated carbocycles. The van der Waals surface area contributed by atoms with Crippen LogP contribution >= 0.6 is 34.2 Å². The molecule has 0 aliphatic heterocycles. The van der Waals surface area contributed by atoms with Crippen LogP contribution in [0.2, 0.25) is 5.02 Å². The van der Waals surface area contributed by atoms with Crippen molar-refractivity contribution in [3.05, 3.63) is 55.9 Å². The number of hydrogen-bond acceptors (Lipinski definition) is 7. The van der Waals surface area contributed by atoms with Crippen molar-refractivity contribution >= 4 is 39.9 Å². The van der Waals surface area contributed by atoms with E-state index in [1.54, 1.807) is 25.1 Å². The van der Waals surface area contributed by atoms with Gasteiger partial charge in [-0.25, -0.2) is 0 Å². The number of halogens is 2. The monoisotopic (exact) mass is 510 g/mol. The van der Waals surface area contributed by atoms with Crippen molar-refractivity contribution in [2.75, 3.05) is 5.32 Å². The molecule has 144 valence electrons. The minimum absolute atomic E-state index is 0.0421. The number of aromatic hydroxyl groups is 1. The van der Waals surface area contributed by atoms with Crippen molar-refractivity contribution in [1.29, 1.82) is 5.26 Å². The summed E-state index contributed by atoms with van der Waals surface area (Å²) in [6, 6.07) is 9.55.